The first kappa shape index (κ1) is 22.5. The Labute approximate surface area is 198 Å². The number of carbonyl (C=O) groups excluding carboxylic acids is 2. The number of likely N-dealkylation sites (N-methyl/N-ethyl adjacent to an activating group) is 1. The lowest BCUT2D eigenvalue weighted by molar-refractivity contribution is -0.136. The maximum absolute atomic E-state index is 13.2. The van der Waals surface area contributed by atoms with Gasteiger partial charge in [0, 0.05) is 77.1 Å². The monoisotopic (exact) mass is 467 g/mol. The lowest BCUT2D eigenvalue weighted by atomic mass is 10.1. The van der Waals surface area contributed by atoms with Crippen LogP contribution in [0.2, 0.25) is 0 Å². The molecule has 0 saturated carbocycles. The Morgan fingerprint density at radius 2 is 1.50 bits per heavy atom. The molecule has 4 heterocycles. The molecule has 3 aliphatic heterocycles. The predicted molar refractivity (Wildman–Crippen MR) is 127 cm³/mol. The van der Waals surface area contributed by atoms with Crippen LogP contribution in [0, 0.1) is 11.7 Å². The summed E-state index contributed by atoms with van der Waals surface area (Å²) in [6.07, 6.45) is 1.81. The van der Waals surface area contributed by atoms with Crippen molar-refractivity contribution in [2.45, 2.75) is 6.42 Å². The van der Waals surface area contributed by atoms with E-state index in [1.54, 1.807) is 23.4 Å². The molecule has 0 bridgehead atoms. The van der Waals surface area contributed by atoms with E-state index in [4.69, 9.17) is 0 Å². The molecule has 3 aliphatic rings. The van der Waals surface area contributed by atoms with Crippen LogP contribution >= 0.6 is 0 Å². The van der Waals surface area contributed by atoms with E-state index < -0.39 is 0 Å². The second-order valence-electron chi connectivity index (χ2n) is 9.22. The number of amides is 2. The van der Waals surface area contributed by atoms with E-state index in [0.29, 0.717) is 38.4 Å². The Kier molecular flexibility index (Phi) is 6.32. The molecular weight excluding hydrogens is 437 g/mol. The zero-order valence-corrected chi connectivity index (χ0v) is 19.4. The Morgan fingerprint density at radius 1 is 0.912 bits per heavy atom. The highest BCUT2D eigenvalue weighted by Crippen LogP contribution is 2.27. The summed E-state index contributed by atoms with van der Waals surface area (Å²) in [4.78, 5) is 44.8. The van der Waals surface area contributed by atoms with Crippen LogP contribution in [0.15, 0.2) is 36.7 Å². The third-order valence-corrected chi connectivity index (χ3v) is 6.99. The molecule has 3 fully saturated rings. The minimum Gasteiger partial charge on any atom is -0.354 e. The maximum atomic E-state index is 13.2. The van der Waals surface area contributed by atoms with Gasteiger partial charge in [0.05, 0.1) is 5.92 Å². The van der Waals surface area contributed by atoms with Crippen LogP contribution in [-0.4, -0.2) is 97.5 Å². The molecule has 2 amide bonds. The fourth-order valence-electron chi connectivity index (χ4n) is 4.88. The Balaban J connectivity index is 1.17. The number of hydrogen-bond acceptors (Lipinski definition) is 7. The van der Waals surface area contributed by atoms with Gasteiger partial charge in [-0.2, -0.15) is 0 Å². The van der Waals surface area contributed by atoms with Gasteiger partial charge in [-0.05, 0) is 31.3 Å². The molecule has 2 aromatic rings. The molecule has 180 valence electrons. The SMILES string of the molecule is CN1CCN(c2cc(N3CCN(C(=O)C4CC(=O)N(c5ccc(F)cc5)C4)CC3)ncn2)CC1. The number of nitrogens with zero attached hydrogens (tertiary/aromatic N) is 7. The van der Waals surface area contributed by atoms with E-state index in [9.17, 15) is 14.0 Å². The number of piperazine rings is 2. The normalized spacial score (nSPS) is 21.9. The van der Waals surface area contributed by atoms with Crippen molar-refractivity contribution in [1.29, 1.82) is 0 Å². The number of hydrogen-bond donors (Lipinski definition) is 0. The standard InChI is InChI=1S/C24H30FN7O2/c1-28-6-8-29(9-7-28)21-15-22(27-17-26-21)30-10-12-31(13-11-30)24(34)18-14-23(33)32(16-18)20-4-2-19(25)3-5-20/h2-5,15,17-18H,6-14,16H2,1H3. The van der Waals surface area contributed by atoms with Crippen molar-refractivity contribution in [3.8, 4) is 0 Å². The first-order valence-electron chi connectivity index (χ1n) is 11.8. The van der Waals surface area contributed by atoms with E-state index >= 15 is 0 Å². The van der Waals surface area contributed by atoms with Crippen molar-refractivity contribution in [3.05, 3.63) is 42.5 Å². The van der Waals surface area contributed by atoms with Gasteiger partial charge in [-0.15, -0.1) is 0 Å². The summed E-state index contributed by atoms with van der Waals surface area (Å²) < 4.78 is 13.2. The minimum atomic E-state index is -0.369. The fraction of sp³-hybridized carbons (Fsp3) is 0.500. The highest BCUT2D eigenvalue weighted by atomic mass is 19.1. The Morgan fingerprint density at radius 3 is 2.12 bits per heavy atom. The van der Waals surface area contributed by atoms with E-state index in [1.165, 1.54) is 12.1 Å². The second kappa shape index (κ2) is 9.54. The average Bonchev–Trinajstić information content (AvgIpc) is 3.26. The second-order valence-corrected chi connectivity index (χ2v) is 9.22. The molecule has 0 aliphatic carbocycles. The molecule has 0 N–H and O–H groups in total. The number of halogens is 1. The number of aromatic nitrogens is 2. The van der Waals surface area contributed by atoms with Gasteiger partial charge in [-0.1, -0.05) is 0 Å². The van der Waals surface area contributed by atoms with Crippen LogP contribution < -0.4 is 14.7 Å². The fourth-order valence-corrected chi connectivity index (χ4v) is 4.88. The van der Waals surface area contributed by atoms with Gasteiger partial charge >= 0.3 is 0 Å². The molecular formula is C24H30FN7O2. The van der Waals surface area contributed by atoms with Crippen molar-refractivity contribution in [3.63, 3.8) is 0 Å². The molecule has 10 heteroatoms. The number of benzene rings is 1. The molecule has 1 aromatic carbocycles. The summed E-state index contributed by atoms with van der Waals surface area (Å²) in [6, 6.07) is 7.87. The lowest BCUT2D eigenvalue weighted by Gasteiger charge is -2.37. The average molecular weight is 468 g/mol. The molecule has 1 atom stereocenters. The molecule has 3 saturated heterocycles. The van der Waals surface area contributed by atoms with E-state index in [1.807, 2.05) is 11.0 Å². The summed E-state index contributed by atoms with van der Waals surface area (Å²) in [5.74, 6) is 1.03. The van der Waals surface area contributed by atoms with Crippen LogP contribution in [0.1, 0.15) is 6.42 Å². The smallest absolute Gasteiger partial charge is 0.228 e. The van der Waals surface area contributed by atoms with Crippen LogP contribution in [0.5, 0.6) is 0 Å². The van der Waals surface area contributed by atoms with Gasteiger partial charge in [0.1, 0.15) is 23.8 Å². The largest absolute Gasteiger partial charge is 0.354 e. The van der Waals surface area contributed by atoms with Gasteiger partial charge in [-0.25, -0.2) is 14.4 Å². The summed E-state index contributed by atoms with van der Waals surface area (Å²) in [6.45, 7) is 6.82. The molecule has 1 unspecified atom stereocenters. The lowest BCUT2D eigenvalue weighted by Crippen LogP contribution is -2.51. The molecule has 34 heavy (non-hydrogen) atoms. The summed E-state index contributed by atoms with van der Waals surface area (Å²) in [5.41, 5.74) is 0.631. The number of rotatable bonds is 4. The van der Waals surface area contributed by atoms with Gasteiger partial charge in [-0.3, -0.25) is 9.59 Å². The summed E-state index contributed by atoms with van der Waals surface area (Å²) >= 11 is 0. The minimum absolute atomic E-state index is 0.0124. The topological polar surface area (TPSA) is 76.1 Å². The van der Waals surface area contributed by atoms with Crippen LogP contribution in [0.4, 0.5) is 21.7 Å². The third kappa shape index (κ3) is 4.68. The van der Waals surface area contributed by atoms with Crippen molar-refractivity contribution in [1.82, 2.24) is 19.8 Å². The highest BCUT2D eigenvalue weighted by Gasteiger charge is 2.38. The van der Waals surface area contributed by atoms with Gasteiger partial charge in [0.2, 0.25) is 11.8 Å². The Bertz CT molecular complexity index is 1030. The zero-order chi connectivity index (χ0) is 23.7. The van der Waals surface area contributed by atoms with Crippen LogP contribution in [0.25, 0.3) is 0 Å². The molecule has 9 nitrogen and oxygen atoms in total. The van der Waals surface area contributed by atoms with Crippen molar-refractivity contribution >= 4 is 29.1 Å². The van der Waals surface area contributed by atoms with Crippen molar-refractivity contribution in [2.75, 3.05) is 80.7 Å². The summed E-state index contributed by atoms with van der Waals surface area (Å²) in [7, 11) is 2.13. The van der Waals surface area contributed by atoms with E-state index in [2.05, 4.69) is 31.7 Å². The van der Waals surface area contributed by atoms with Crippen molar-refractivity contribution < 1.29 is 14.0 Å². The van der Waals surface area contributed by atoms with E-state index in [0.717, 1.165) is 37.8 Å². The molecule has 0 radical (unpaired) electrons. The zero-order valence-electron chi connectivity index (χ0n) is 19.4. The quantitative estimate of drug-likeness (QED) is 0.666. The van der Waals surface area contributed by atoms with Gasteiger partial charge < -0.3 is 24.5 Å². The number of anilines is 3. The van der Waals surface area contributed by atoms with Gasteiger partial charge in [0.25, 0.3) is 0 Å². The Hall–Kier alpha value is -3.27. The van der Waals surface area contributed by atoms with Gasteiger partial charge in [0.15, 0.2) is 0 Å². The number of carbonyl (C=O) groups is 2. The molecule has 0 spiro atoms. The molecule has 1 aromatic heterocycles. The van der Waals surface area contributed by atoms with Crippen LogP contribution in [-0.2, 0) is 9.59 Å². The maximum Gasteiger partial charge on any atom is 0.228 e. The van der Waals surface area contributed by atoms with E-state index in [-0.39, 0.29) is 30.0 Å². The third-order valence-electron chi connectivity index (χ3n) is 6.99. The predicted octanol–water partition coefficient (Wildman–Crippen LogP) is 1.07. The first-order chi connectivity index (χ1) is 16.5. The summed E-state index contributed by atoms with van der Waals surface area (Å²) in [5, 5.41) is 0. The van der Waals surface area contributed by atoms with Crippen LogP contribution in [0.3, 0.4) is 0 Å². The highest BCUT2D eigenvalue weighted by molar-refractivity contribution is 6.00. The van der Waals surface area contributed by atoms with Crippen molar-refractivity contribution in [2.24, 2.45) is 5.92 Å². The first-order valence-corrected chi connectivity index (χ1v) is 11.8. The molecule has 5 rings (SSSR count).